The summed E-state index contributed by atoms with van der Waals surface area (Å²) in [6, 6.07) is 3.78. The van der Waals surface area contributed by atoms with E-state index in [9.17, 15) is 8.78 Å². The van der Waals surface area contributed by atoms with Crippen molar-refractivity contribution in [3.8, 4) is 0 Å². The summed E-state index contributed by atoms with van der Waals surface area (Å²) in [5.41, 5.74) is 0.278. The Kier molecular flexibility index (Phi) is 3.94. The van der Waals surface area contributed by atoms with Crippen LogP contribution in [0.5, 0.6) is 0 Å². The minimum Gasteiger partial charge on any atom is -0.380 e. The van der Waals surface area contributed by atoms with Crippen molar-refractivity contribution in [2.24, 2.45) is 5.92 Å². The predicted molar refractivity (Wildman–Crippen MR) is 65.0 cm³/mol. The van der Waals surface area contributed by atoms with Gasteiger partial charge in [0.15, 0.2) is 0 Å². The van der Waals surface area contributed by atoms with Crippen LogP contribution in [0.4, 0.5) is 14.5 Å². The molecule has 2 nitrogen and oxygen atoms in total. The summed E-state index contributed by atoms with van der Waals surface area (Å²) in [6.07, 6.45) is 3.16. The van der Waals surface area contributed by atoms with Crippen molar-refractivity contribution in [2.75, 3.05) is 18.9 Å². The van der Waals surface area contributed by atoms with Gasteiger partial charge in [-0.05, 0) is 57.0 Å². The van der Waals surface area contributed by atoms with E-state index in [-0.39, 0.29) is 17.5 Å². The number of halogens is 2. The van der Waals surface area contributed by atoms with Crippen LogP contribution in [0.15, 0.2) is 18.2 Å². The molecule has 1 saturated carbocycles. The van der Waals surface area contributed by atoms with Gasteiger partial charge in [0, 0.05) is 6.04 Å². The lowest BCUT2D eigenvalue weighted by molar-refractivity contribution is 0.511. The maximum absolute atomic E-state index is 13.4. The molecule has 0 saturated heterocycles. The van der Waals surface area contributed by atoms with Crippen LogP contribution < -0.4 is 10.6 Å². The van der Waals surface area contributed by atoms with E-state index in [1.54, 1.807) is 0 Å². The van der Waals surface area contributed by atoms with Crippen molar-refractivity contribution < 1.29 is 8.78 Å². The van der Waals surface area contributed by atoms with Gasteiger partial charge in [-0.25, -0.2) is 8.78 Å². The first-order chi connectivity index (χ1) is 8.19. The zero-order valence-electron chi connectivity index (χ0n) is 9.97. The first kappa shape index (κ1) is 12.3. The third-order valence-electron chi connectivity index (χ3n) is 3.32. The van der Waals surface area contributed by atoms with Gasteiger partial charge < -0.3 is 10.6 Å². The van der Waals surface area contributed by atoms with Gasteiger partial charge in [0.2, 0.25) is 0 Å². The molecule has 0 radical (unpaired) electrons. The second-order valence-corrected chi connectivity index (χ2v) is 4.70. The van der Waals surface area contributed by atoms with Crippen molar-refractivity contribution in [3.05, 3.63) is 29.8 Å². The zero-order chi connectivity index (χ0) is 12.3. The molecule has 0 bridgehead atoms. The average molecular weight is 240 g/mol. The standard InChI is InChI=1S/C13H18F2N2/c1-16-8-9-2-4-11(6-9)17-13-7-10(14)3-5-12(13)15/h3,5,7,9,11,16-17H,2,4,6,8H2,1H3. The molecule has 0 aromatic heterocycles. The Morgan fingerprint density at radius 1 is 1.29 bits per heavy atom. The Labute approximate surface area is 100 Å². The first-order valence-electron chi connectivity index (χ1n) is 6.05. The fraction of sp³-hybridized carbons (Fsp3) is 0.538. The van der Waals surface area contributed by atoms with E-state index in [0.29, 0.717) is 5.92 Å². The highest BCUT2D eigenvalue weighted by molar-refractivity contribution is 5.45. The summed E-state index contributed by atoms with van der Waals surface area (Å²) < 4.78 is 26.4. The predicted octanol–water partition coefficient (Wildman–Crippen LogP) is 2.76. The molecule has 2 unspecified atom stereocenters. The van der Waals surface area contributed by atoms with E-state index < -0.39 is 5.82 Å². The summed E-state index contributed by atoms with van der Waals surface area (Å²) in [6.45, 7) is 0.990. The average Bonchev–Trinajstić information content (AvgIpc) is 2.72. The maximum atomic E-state index is 13.4. The number of hydrogen-bond acceptors (Lipinski definition) is 2. The molecule has 4 heteroatoms. The van der Waals surface area contributed by atoms with Gasteiger partial charge in [0.1, 0.15) is 11.6 Å². The SMILES string of the molecule is CNCC1CCC(Nc2cc(F)ccc2F)C1. The molecule has 0 aliphatic heterocycles. The molecule has 2 N–H and O–H groups in total. The van der Waals surface area contributed by atoms with E-state index in [1.807, 2.05) is 7.05 Å². The van der Waals surface area contributed by atoms with Gasteiger partial charge in [0.05, 0.1) is 5.69 Å². The van der Waals surface area contributed by atoms with Crippen LogP contribution in [0, 0.1) is 17.6 Å². The van der Waals surface area contributed by atoms with Crippen LogP contribution in [0.2, 0.25) is 0 Å². The van der Waals surface area contributed by atoms with E-state index in [1.165, 1.54) is 6.07 Å². The third-order valence-corrected chi connectivity index (χ3v) is 3.32. The van der Waals surface area contributed by atoms with E-state index in [4.69, 9.17) is 0 Å². The highest BCUT2D eigenvalue weighted by atomic mass is 19.1. The molecular formula is C13H18F2N2. The fourth-order valence-corrected chi connectivity index (χ4v) is 2.51. The Balaban J connectivity index is 1.95. The second kappa shape index (κ2) is 5.45. The zero-order valence-corrected chi connectivity index (χ0v) is 9.97. The largest absolute Gasteiger partial charge is 0.380 e. The Hall–Kier alpha value is -1.16. The van der Waals surface area contributed by atoms with Crippen LogP contribution in [-0.2, 0) is 0 Å². The van der Waals surface area contributed by atoms with Gasteiger partial charge in [-0.1, -0.05) is 0 Å². The molecule has 0 heterocycles. The number of anilines is 1. The molecule has 0 amide bonds. The van der Waals surface area contributed by atoms with Crippen molar-refractivity contribution in [1.82, 2.24) is 5.32 Å². The molecular weight excluding hydrogens is 222 g/mol. The van der Waals surface area contributed by atoms with Crippen LogP contribution in [0.1, 0.15) is 19.3 Å². The molecule has 1 aliphatic rings. The molecule has 1 aromatic rings. The summed E-state index contributed by atoms with van der Waals surface area (Å²) >= 11 is 0. The molecule has 1 aliphatic carbocycles. The number of benzene rings is 1. The number of hydrogen-bond donors (Lipinski definition) is 2. The van der Waals surface area contributed by atoms with Gasteiger partial charge in [-0.2, -0.15) is 0 Å². The lowest BCUT2D eigenvalue weighted by Crippen LogP contribution is -2.20. The highest BCUT2D eigenvalue weighted by Gasteiger charge is 2.24. The summed E-state index contributed by atoms with van der Waals surface area (Å²) in [5.74, 6) is -0.156. The molecule has 17 heavy (non-hydrogen) atoms. The molecule has 1 aromatic carbocycles. The normalized spacial score (nSPS) is 23.9. The van der Waals surface area contributed by atoms with E-state index in [0.717, 1.165) is 37.9 Å². The van der Waals surface area contributed by atoms with E-state index >= 15 is 0 Å². The Morgan fingerprint density at radius 3 is 2.88 bits per heavy atom. The van der Waals surface area contributed by atoms with Gasteiger partial charge in [-0.15, -0.1) is 0 Å². The quantitative estimate of drug-likeness (QED) is 0.845. The van der Waals surface area contributed by atoms with E-state index in [2.05, 4.69) is 10.6 Å². The minimum atomic E-state index is -0.404. The molecule has 2 rings (SSSR count). The summed E-state index contributed by atoms with van der Waals surface area (Å²) in [7, 11) is 1.94. The van der Waals surface area contributed by atoms with Crippen molar-refractivity contribution in [1.29, 1.82) is 0 Å². The maximum Gasteiger partial charge on any atom is 0.146 e. The molecule has 2 atom stereocenters. The van der Waals surface area contributed by atoms with Crippen LogP contribution in [-0.4, -0.2) is 19.6 Å². The molecule has 1 fully saturated rings. The van der Waals surface area contributed by atoms with Crippen molar-refractivity contribution >= 4 is 5.69 Å². The van der Waals surface area contributed by atoms with Crippen LogP contribution in [0.25, 0.3) is 0 Å². The summed E-state index contributed by atoms with van der Waals surface area (Å²) in [5, 5.41) is 6.25. The monoisotopic (exact) mass is 240 g/mol. The number of nitrogens with one attached hydrogen (secondary N) is 2. The lowest BCUT2D eigenvalue weighted by atomic mass is 10.1. The fourth-order valence-electron chi connectivity index (χ4n) is 2.51. The molecule has 0 spiro atoms. The Morgan fingerprint density at radius 2 is 2.12 bits per heavy atom. The smallest absolute Gasteiger partial charge is 0.146 e. The Bertz CT molecular complexity index is 382. The van der Waals surface area contributed by atoms with Gasteiger partial charge in [0.25, 0.3) is 0 Å². The first-order valence-corrected chi connectivity index (χ1v) is 6.05. The molecule has 94 valence electrons. The third kappa shape index (κ3) is 3.16. The highest BCUT2D eigenvalue weighted by Crippen LogP contribution is 2.28. The van der Waals surface area contributed by atoms with Crippen molar-refractivity contribution in [2.45, 2.75) is 25.3 Å². The minimum absolute atomic E-state index is 0.254. The summed E-state index contributed by atoms with van der Waals surface area (Å²) in [4.78, 5) is 0. The number of rotatable bonds is 4. The van der Waals surface area contributed by atoms with Gasteiger partial charge in [-0.3, -0.25) is 0 Å². The van der Waals surface area contributed by atoms with Crippen LogP contribution in [0.3, 0.4) is 0 Å². The topological polar surface area (TPSA) is 24.1 Å². The lowest BCUT2D eigenvalue weighted by Gasteiger charge is -2.15. The second-order valence-electron chi connectivity index (χ2n) is 4.70. The van der Waals surface area contributed by atoms with Gasteiger partial charge >= 0.3 is 0 Å². The van der Waals surface area contributed by atoms with Crippen LogP contribution >= 0.6 is 0 Å². The van der Waals surface area contributed by atoms with Crippen molar-refractivity contribution in [3.63, 3.8) is 0 Å².